The molecule has 0 aliphatic carbocycles. The van der Waals surface area contributed by atoms with Crippen LogP contribution in [0.5, 0.6) is 11.6 Å². The molecule has 0 bridgehead atoms. The zero-order valence-corrected chi connectivity index (χ0v) is 11.8. The lowest BCUT2D eigenvalue weighted by molar-refractivity contribution is 0.459. The van der Waals surface area contributed by atoms with Crippen molar-refractivity contribution in [2.45, 2.75) is 6.92 Å². The molecule has 1 aromatic carbocycles. The van der Waals surface area contributed by atoms with Crippen molar-refractivity contribution in [3.8, 4) is 11.6 Å². The van der Waals surface area contributed by atoms with Gasteiger partial charge in [0.25, 0.3) is 0 Å². The highest BCUT2D eigenvalue weighted by Crippen LogP contribution is 2.29. The van der Waals surface area contributed by atoms with Crippen LogP contribution in [0.4, 0.5) is 0 Å². The van der Waals surface area contributed by atoms with Gasteiger partial charge in [-0.2, -0.15) is 4.98 Å². The third kappa shape index (κ3) is 3.31. The Labute approximate surface area is 117 Å². The van der Waals surface area contributed by atoms with Crippen molar-refractivity contribution in [3.63, 3.8) is 0 Å². The van der Waals surface area contributed by atoms with E-state index in [1.165, 1.54) is 0 Å². The Morgan fingerprint density at radius 1 is 1.12 bits per heavy atom. The Hall–Kier alpha value is -0.840. The molecule has 0 aliphatic heterocycles. The van der Waals surface area contributed by atoms with Gasteiger partial charge in [-0.15, -0.1) is 0 Å². The van der Waals surface area contributed by atoms with E-state index in [4.69, 9.17) is 27.9 Å². The van der Waals surface area contributed by atoms with Gasteiger partial charge in [0.05, 0.1) is 10.0 Å². The number of aryl methyl sites for hydroxylation is 1. The average Bonchev–Trinajstić information content (AvgIpc) is 2.22. The summed E-state index contributed by atoms with van der Waals surface area (Å²) < 4.78 is 6.22. The van der Waals surface area contributed by atoms with E-state index < -0.39 is 0 Å². The lowest BCUT2D eigenvalue weighted by Gasteiger charge is -2.06. The fourth-order valence-electron chi connectivity index (χ4n) is 1.22. The van der Waals surface area contributed by atoms with Crippen molar-refractivity contribution in [1.82, 2.24) is 9.97 Å². The maximum absolute atomic E-state index is 5.89. The number of aromatic nitrogens is 2. The fraction of sp³-hybridized carbons (Fsp3) is 0.0909. The van der Waals surface area contributed by atoms with Crippen molar-refractivity contribution >= 4 is 39.1 Å². The molecule has 0 N–H and O–H groups in total. The van der Waals surface area contributed by atoms with E-state index in [0.717, 1.165) is 0 Å². The lowest BCUT2D eigenvalue weighted by atomic mass is 10.3. The third-order valence-corrected chi connectivity index (χ3v) is 3.04. The van der Waals surface area contributed by atoms with Gasteiger partial charge in [-0.25, -0.2) is 4.98 Å². The molecule has 0 aliphatic rings. The minimum atomic E-state index is 0.439. The normalized spacial score (nSPS) is 10.4. The molecule has 0 radical (unpaired) electrons. The van der Waals surface area contributed by atoms with Gasteiger partial charge in [-0.3, -0.25) is 0 Å². The topological polar surface area (TPSA) is 35.0 Å². The van der Waals surface area contributed by atoms with Gasteiger partial charge in [0.15, 0.2) is 0 Å². The third-order valence-electron chi connectivity index (χ3n) is 1.90. The first kappa shape index (κ1) is 12.6. The van der Waals surface area contributed by atoms with Crippen LogP contribution in [0.2, 0.25) is 10.0 Å². The fourth-order valence-corrected chi connectivity index (χ4v) is 1.96. The molecule has 6 heteroatoms. The molecule has 1 heterocycles. The van der Waals surface area contributed by atoms with Crippen LogP contribution in [0.3, 0.4) is 0 Å². The highest BCUT2D eigenvalue weighted by Gasteiger charge is 2.04. The second kappa shape index (κ2) is 5.21. The second-order valence-electron chi connectivity index (χ2n) is 3.25. The first-order chi connectivity index (χ1) is 8.04. The van der Waals surface area contributed by atoms with Crippen LogP contribution in [0.25, 0.3) is 0 Å². The molecule has 0 unspecified atom stereocenters. The smallest absolute Gasteiger partial charge is 0.223 e. The molecule has 0 atom stereocenters. The molecule has 2 aromatic rings. The van der Waals surface area contributed by atoms with E-state index in [1.807, 2.05) is 0 Å². The molecule has 1 aromatic heterocycles. The molecule has 0 fully saturated rings. The molecule has 0 saturated heterocycles. The van der Waals surface area contributed by atoms with Gasteiger partial charge in [-0.05, 0) is 35.0 Å². The summed E-state index contributed by atoms with van der Waals surface area (Å²) >= 11 is 15.0. The van der Waals surface area contributed by atoms with Crippen molar-refractivity contribution in [2.75, 3.05) is 0 Å². The number of ether oxygens (including phenoxy) is 1. The van der Waals surface area contributed by atoms with Crippen molar-refractivity contribution < 1.29 is 4.74 Å². The van der Waals surface area contributed by atoms with Crippen molar-refractivity contribution in [1.29, 1.82) is 0 Å². The van der Waals surface area contributed by atoms with Gasteiger partial charge < -0.3 is 4.74 Å². The zero-order chi connectivity index (χ0) is 12.4. The predicted molar refractivity (Wildman–Crippen MR) is 71.0 cm³/mol. The number of hydrogen-bond acceptors (Lipinski definition) is 3. The number of hydrogen-bond donors (Lipinski definition) is 0. The largest absolute Gasteiger partial charge is 0.439 e. The van der Waals surface area contributed by atoms with Crippen LogP contribution in [-0.2, 0) is 0 Å². The summed E-state index contributed by atoms with van der Waals surface area (Å²) in [5.41, 5.74) is 0. The number of benzene rings is 1. The first-order valence-corrected chi connectivity index (χ1v) is 6.23. The maximum Gasteiger partial charge on any atom is 0.223 e. The van der Waals surface area contributed by atoms with Crippen LogP contribution in [0.15, 0.2) is 28.9 Å². The quantitative estimate of drug-likeness (QED) is 0.750. The van der Waals surface area contributed by atoms with Crippen LogP contribution in [0, 0.1) is 6.92 Å². The molecule has 88 valence electrons. The summed E-state index contributed by atoms with van der Waals surface area (Å²) in [4.78, 5) is 8.23. The summed E-state index contributed by atoms with van der Waals surface area (Å²) in [5, 5.41) is 0.924. The Kier molecular flexibility index (Phi) is 3.86. The summed E-state index contributed by atoms with van der Waals surface area (Å²) in [6.07, 6.45) is 0. The monoisotopic (exact) mass is 332 g/mol. The summed E-state index contributed by atoms with van der Waals surface area (Å²) in [5.74, 6) is 1.64. The van der Waals surface area contributed by atoms with Crippen LogP contribution < -0.4 is 4.74 Å². The highest BCUT2D eigenvalue weighted by atomic mass is 79.9. The van der Waals surface area contributed by atoms with Gasteiger partial charge in [0.2, 0.25) is 5.88 Å². The Bertz CT molecular complexity index is 543. The standard InChI is InChI=1S/C11H7BrCl2N2O/c1-6-15-10(12)5-11(16-6)17-7-2-3-8(13)9(14)4-7/h2-5H,1H3. The van der Waals surface area contributed by atoms with Gasteiger partial charge in [0.1, 0.15) is 16.2 Å². The first-order valence-electron chi connectivity index (χ1n) is 4.69. The molecule has 0 saturated carbocycles. The van der Waals surface area contributed by atoms with Crippen LogP contribution >= 0.6 is 39.1 Å². The summed E-state index contributed by atoms with van der Waals surface area (Å²) in [6.45, 7) is 1.78. The van der Waals surface area contributed by atoms with Crippen LogP contribution in [-0.4, -0.2) is 9.97 Å². The minimum Gasteiger partial charge on any atom is -0.439 e. The molecule has 0 amide bonds. The van der Waals surface area contributed by atoms with E-state index in [0.29, 0.717) is 32.1 Å². The Morgan fingerprint density at radius 3 is 2.53 bits per heavy atom. The Balaban J connectivity index is 2.28. The summed E-state index contributed by atoms with van der Waals surface area (Å²) in [6, 6.07) is 6.70. The Morgan fingerprint density at radius 2 is 1.88 bits per heavy atom. The predicted octanol–water partition coefficient (Wildman–Crippen LogP) is 4.65. The van der Waals surface area contributed by atoms with Gasteiger partial charge >= 0.3 is 0 Å². The molecular weight excluding hydrogens is 327 g/mol. The van der Waals surface area contributed by atoms with Gasteiger partial charge in [0, 0.05) is 12.1 Å². The molecule has 3 nitrogen and oxygen atoms in total. The van der Waals surface area contributed by atoms with Gasteiger partial charge in [-0.1, -0.05) is 23.2 Å². The minimum absolute atomic E-state index is 0.439. The number of nitrogens with zero attached hydrogens (tertiary/aromatic N) is 2. The number of halogens is 3. The summed E-state index contributed by atoms with van der Waals surface area (Å²) in [7, 11) is 0. The van der Waals surface area contributed by atoms with E-state index in [1.54, 1.807) is 31.2 Å². The van der Waals surface area contributed by atoms with E-state index in [9.17, 15) is 0 Å². The lowest BCUT2D eigenvalue weighted by Crippen LogP contribution is -1.93. The van der Waals surface area contributed by atoms with E-state index >= 15 is 0 Å². The van der Waals surface area contributed by atoms with E-state index in [2.05, 4.69) is 25.9 Å². The average molecular weight is 334 g/mol. The number of rotatable bonds is 2. The second-order valence-corrected chi connectivity index (χ2v) is 4.88. The van der Waals surface area contributed by atoms with Crippen LogP contribution in [0.1, 0.15) is 5.82 Å². The van der Waals surface area contributed by atoms with Crippen molar-refractivity contribution in [2.24, 2.45) is 0 Å². The molecular formula is C11H7BrCl2N2O. The SMILES string of the molecule is Cc1nc(Br)cc(Oc2ccc(Cl)c(Cl)c2)n1. The molecule has 0 spiro atoms. The zero-order valence-electron chi connectivity index (χ0n) is 8.75. The molecule has 17 heavy (non-hydrogen) atoms. The van der Waals surface area contributed by atoms with E-state index in [-0.39, 0.29) is 0 Å². The maximum atomic E-state index is 5.89. The van der Waals surface area contributed by atoms with Crippen molar-refractivity contribution in [3.05, 3.63) is 44.7 Å². The highest BCUT2D eigenvalue weighted by molar-refractivity contribution is 9.10. The molecule has 2 rings (SSSR count).